The predicted molar refractivity (Wildman–Crippen MR) is 84.8 cm³/mol. The molecule has 0 unspecified atom stereocenters. The van der Waals surface area contributed by atoms with Gasteiger partial charge in [0.25, 0.3) is 5.22 Å². The largest absolute Gasteiger partial charge is 0.416 e. The first-order chi connectivity index (χ1) is 10.3. The molecule has 3 aromatic rings. The maximum absolute atomic E-state index is 5.64. The fourth-order valence-electron chi connectivity index (χ4n) is 1.91. The molecule has 0 amide bonds. The normalized spacial score (nSPS) is 10.9. The summed E-state index contributed by atoms with van der Waals surface area (Å²) in [7, 11) is 0. The molecule has 0 saturated heterocycles. The lowest BCUT2D eigenvalue weighted by Gasteiger charge is -1.98. The first-order valence-corrected chi connectivity index (χ1v) is 8.56. The zero-order valence-electron chi connectivity index (χ0n) is 11.7. The molecule has 6 heteroatoms. The van der Waals surface area contributed by atoms with Crippen LogP contribution in [0, 0.1) is 6.92 Å². The van der Waals surface area contributed by atoms with Crippen molar-refractivity contribution >= 4 is 23.1 Å². The highest BCUT2D eigenvalue weighted by atomic mass is 32.2. The van der Waals surface area contributed by atoms with Crippen LogP contribution >= 0.6 is 23.1 Å². The number of rotatable bonds is 6. The molecule has 108 valence electrons. The summed E-state index contributed by atoms with van der Waals surface area (Å²) in [4.78, 5) is 4.40. The number of aromatic nitrogens is 3. The SMILES string of the molecule is Cc1nc(Cc2nnc(SCCc3ccccc3)o2)cs1. The van der Waals surface area contributed by atoms with E-state index in [-0.39, 0.29) is 0 Å². The van der Waals surface area contributed by atoms with Crippen LogP contribution < -0.4 is 0 Å². The molecule has 21 heavy (non-hydrogen) atoms. The van der Waals surface area contributed by atoms with Crippen LogP contribution in [0.3, 0.4) is 0 Å². The molecule has 2 aromatic heterocycles. The van der Waals surface area contributed by atoms with Crippen LogP contribution in [0.15, 0.2) is 45.4 Å². The fourth-order valence-corrected chi connectivity index (χ4v) is 3.29. The molecule has 2 heterocycles. The average molecular weight is 317 g/mol. The van der Waals surface area contributed by atoms with E-state index < -0.39 is 0 Å². The van der Waals surface area contributed by atoms with Gasteiger partial charge in [-0.1, -0.05) is 42.1 Å². The van der Waals surface area contributed by atoms with Gasteiger partial charge in [0.1, 0.15) is 0 Å². The van der Waals surface area contributed by atoms with Crippen LogP contribution in [-0.4, -0.2) is 20.9 Å². The summed E-state index contributed by atoms with van der Waals surface area (Å²) in [6.45, 7) is 1.99. The van der Waals surface area contributed by atoms with Crippen molar-refractivity contribution in [1.82, 2.24) is 15.2 Å². The first kappa shape index (κ1) is 14.3. The molecule has 0 aliphatic heterocycles. The van der Waals surface area contributed by atoms with Crippen LogP contribution in [0.2, 0.25) is 0 Å². The van der Waals surface area contributed by atoms with Gasteiger partial charge in [0.15, 0.2) is 0 Å². The Morgan fingerprint density at radius 1 is 1.19 bits per heavy atom. The molecule has 0 aliphatic rings. The van der Waals surface area contributed by atoms with E-state index in [1.165, 1.54) is 5.56 Å². The highest BCUT2D eigenvalue weighted by molar-refractivity contribution is 7.99. The smallest absolute Gasteiger partial charge is 0.276 e. The standard InChI is InChI=1S/C15H15N3OS2/c1-11-16-13(10-21-11)9-14-17-18-15(19-14)20-8-7-12-5-3-2-4-6-12/h2-6,10H,7-9H2,1H3. The van der Waals surface area contributed by atoms with Crippen LogP contribution in [-0.2, 0) is 12.8 Å². The van der Waals surface area contributed by atoms with Gasteiger partial charge in [-0.25, -0.2) is 4.98 Å². The lowest BCUT2D eigenvalue weighted by molar-refractivity contribution is 0.419. The molecular weight excluding hydrogens is 302 g/mol. The van der Waals surface area contributed by atoms with Crippen molar-refractivity contribution in [3.63, 3.8) is 0 Å². The molecule has 0 atom stereocenters. The van der Waals surface area contributed by atoms with Gasteiger partial charge in [0, 0.05) is 11.1 Å². The Morgan fingerprint density at radius 3 is 2.81 bits per heavy atom. The maximum Gasteiger partial charge on any atom is 0.276 e. The number of thiazole rings is 1. The Labute approximate surface area is 131 Å². The Hall–Kier alpha value is -1.66. The highest BCUT2D eigenvalue weighted by Crippen LogP contribution is 2.19. The zero-order valence-corrected chi connectivity index (χ0v) is 13.3. The van der Waals surface area contributed by atoms with Crippen molar-refractivity contribution in [3.05, 3.63) is 57.9 Å². The van der Waals surface area contributed by atoms with Crippen molar-refractivity contribution in [2.75, 3.05) is 5.75 Å². The fraction of sp³-hybridized carbons (Fsp3) is 0.267. The summed E-state index contributed by atoms with van der Waals surface area (Å²) in [6.07, 6.45) is 1.60. The molecule has 0 spiro atoms. The molecule has 0 saturated carbocycles. The molecule has 3 rings (SSSR count). The number of thioether (sulfide) groups is 1. The number of hydrogen-bond acceptors (Lipinski definition) is 6. The lowest BCUT2D eigenvalue weighted by Crippen LogP contribution is -1.88. The van der Waals surface area contributed by atoms with Gasteiger partial charge < -0.3 is 4.42 Å². The molecule has 0 radical (unpaired) electrons. The van der Waals surface area contributed by atoms with E-state index in [0.717, 1.165) is 22.9 Å². The van der Waals surface area contributed by atoms with Crippen molar-refractivity contribution in [2.45, 2.75) is 25.0 Å². The van der Waals surface area contributed by atoms with Crippen molar-refractivity contribution in [2.24, 2.45) is 0 Å². The molecular formula is C15H15N3OS2. The van der Waals surface area contributed by atoms with E-state index in [2.05, 4.69) is 39.4 Å². The Bertz CT molecular complexity index is 694. The Kier molecular flexibility index (Phi) is 4.67. The molecule has 4 nitrogen and oxygen atoms in total. The van der Waals surface area contributed by atoms with Crippen LogP contribution in [0.4, 0.5) is 0 Å². The molecule has 0 fully saturated rings. The molecule has 0 N–H and O–H groups in total. The third-order valence-electron chi connectivity index (χ3n) is 2.91. The monoisotopic (exact) mass is 317 g/mol. The minimum Gasteiger partial charge on any atom is -0.416 e. The minimum atomic E-state index is 0.608. The summed E-state index contributed by atoms with van der Waals surface area (Å²) < 4.78 is 5.64. The molecule has 0 aliphatic carbocycles. The summed E-state index contributed by atoms with van der Waals surface area (Å²) in [5.41, 5.74) is 2.31. The number of benzene rings is 1. The van der Waals surface area contributed by atoms with Gasteiger partial charge in [-0.2, -0.15) is 0 Å². The number of hydrogen-bond donors (Lipinski definition) is 0. The number of nitrogens with zero attached hydrogens (tertiary/aromatic N) is 3. The number of aryl methyl sites for hydroxylation is 2. The van der Waals surface area contributed by atoms with Crippen LogP contribution in [0.5, 0.6) is 0 Å². The molecule has 1 aromatic carbocycles. The summed E-state index contributed by atoms with van der Waals surface area (Å²) in [5, 5.41) is 11.9. The van der Waals surface area contributed by atoms with Crippen molar-refractivity contribution in [1.29, 1.82) is 0 Å². The second kappa shape index (κ2) is 6.87. The Balaban J connectivity index is 1.51. The van der Waals surface area contributed by atoms with E-state index in [4.69, 9.17) is 4.42 Å². The molecule has 0 bridgehead atoms. The van der Waals surface area contributed by atoms with Crippen molar-refractivity contribution in [3.8, 4) is 0 Å². The quantitative estimate of drug-likeness (QED) is 0.648. The lowest BCUT2D eigenvalue weighted by atomic mass is 10.2. The van der Waals surface area contributed by atoms with E-state index in [0.29, 0.717) is 17.5 Å². The first-order valence-electron chi connectivity index (χ1n) is 6.70. The summed E-state index contributed by atoms with van der Waals surface area (Å²) in [5.74, 6) is 1.56. The predicted octanol–water partition coefficient (Wildman–Crippen LogP) is 3.76. The Morgan fingerprint density at radius 2 is 2.05 bits per heavy atom. The van der Waals surface area contributed by atoms with E-state index in [1.54, 1.807) is 23.1 Å². The third-order valence-corrected chi connectivity index (χ3v) is 4.55. The second-order valence-corrected chi connectivity index (χ2v) is 6.69. The van der Waals surface area contributed by atoms with Gasteiger partial charge >= 0.3 is 0 Å². The van der Waals surface area contributed by atoms with E-state index in [9.17, 15) is 0 Å². The highest BCUT2D eigenvalue weighted by Gasteiger charge is 2.09. The third kappa shape index (κ3) is 4.15. The van der Waals surface area contributed by atoms with Gasteiger partial charge in [-0.3, -0.25) is 0 Å². The summed E-state index contributed by atoms with van der Waals surface area (Å²) in [6, 6.07) is 10.4. The zero-order chi connectivity index (χ0) is 14.5. The minimum absolute atomic E-state index is 0.608. The van der Waals surface area contributed by atoms with Gasteiger partial charge in [-0.15, -0.1) is 21.5 Å². The summed E-state index contributed by atoms with van der Waals surface area (Å²) >= 11 is 3.23. The second-order valence-electron chi connectivity index (χ2n) is 4.58. The van der Waals surface area contributed by atoms with E-state index in [1.807, 2.05) is 18.4 Å². The van der Waals surface area contributed by atoms with Crippen molar-refractivity contribution < 1.29 is 4.42 Å². The van der Waals surface area contributed by atoms with Gasteiger partial charge in [0.2, 0.25) is 5.89 Å². The van der Waals surface area contributed by atoms with Crippen LogP contribution in [0.1, 0.15) is 22.2 Å². The topological polar surface area (TPSA) is 51.8 Å². The van der Waals surface area contributed by atoms with E-state index >= 15 is 0 Å². The maximum atomic E-state index is 5.64. The van der Waals surface area contributed by atoms with Crippen LogP contribution in [0.25, 0.3) is 0 Å². The van der Waals surface area contributed by atoms with Gasteiger partial charge in [0.05, 0.1) is 17.1 Å². The average Bonchev–Trinajstić information content (AvgIpc) is 3.10. The van der Waals surface area contributed by atoms with Gasteiger partial charge in [-0.05, 0) is 18.9 Å².